The lowest BCUT2D eigenvalue weighted by molar-refractivity contribution is -0.318. The fraction of sp³-hybridized carbons (Fsp3) is 0.444. The van der Waals surface area contributed by atoms with Gasteiger partial charge < -0.3 is 69.3 Å². The third kappa shape index (κ3) is 5.37. The Hall–Kier alpha value is -3.51. The van der Waals surface area contributed by atoms with Crippen molar-refractivity contribution < 1.29 is 69.3 Å². The second-order valence-corrected chi connectivity index (χ2v) is 10.1. The van der Waals surface area contributed by atoms with E-state index in [1.165, 1.54) is 31.2 Å². The molecule has 0 saturated carbocycles. The van der Waals surface area contributed by atoms with Crippen molar-refractivity contribution in [2.75, 3.05) is 6.61 Å². The van der Waals surface area contributed by atoms with Crippen LogP contribution in [0.3, 0.4) is 0 Å². The number of aliphatic hydroxyl groups is 6. The molecule has 2 saturated heterocycles. The first-order valence-corrected chi connectivity index (χ1v) is 12.9. The predicted molar refractivity (Wildman–Crippen MR) is 139 cm³/mol. The number of phenolic OH excluding ortho intramolecular Hbond substituents is 3. The molecule has 228 valence electrons. The SMILES string of the molecule is C[C@H]1O[C@@H](OC[C@H]2O[C@@H](Oc3c(-c4ccccc4O)oc4cc(O)cc(O)c4c3=O)[C@@H](O)[C@@H](O)[C@H]2O)[C@@H](O)[C@@H](O)[C@@H]1O. The molecule has 15 heteroatoms. The van der Waals surface area contributed by atoms with Gasteiger partial charge in [0.1, 0.15) is 70.9 Å². The highest BCUT2D eigenvalue weighted by atomic mass is 16.7. The molecule has 2 fully saturated rings. The number of fused-ring (bicyclic) bond motifs is 1. The van der Waals surface area contributed by atoms with Crippen LogP contribution in [0, 0.1) is 0 Å². The third-order valence-corrected chi connectivity index (χ3v) is 7.20. The number of benzene rings is 2. The minimum absolute atomic E-state index is 0.0431. The molecular weight excluding hydrogens is 564 g/mol. The summed E-state index contributed by atoms with van der Waals surface area (Å²) in [5, 5.41) is 92.1. The standard InChI is InChI=1S/C27H30O15/c1-9-17(31)20(34)22(36)26(39-9)38-8-15-18(32)21(35)23(37)27(41-15)42-25-19(33)16-13(30)6-10(28)7-14(16)40-24(25)11-4-2-3-5-12(11)29/h2-7,9,15,17-18,20-23,26-32,34-37H,8H2,1H3/t9-,15-,17-,18+,20+,21+,22+,23+,26-,27+/m1/s1. The van der Waals surface area contributed by atoms with Crippen molar-refractivity contribution in [1.82, 2.24) is 0 Å². The van der Waals surface area contributed by atoms with Crippen LogP contribution in [0.1, 0.15) is 6.92 Å². The highest BCUT2D eigenvalue weighted by molar-refractivity contribution is 5.88. The van der Waals surface area contributed by atoms with Crippen LogP contribution in [0.2, 0.25) is 0 Å². The van der Waals surface area contributed by atoms with E-state index in [0.717, 1.165) is 12.1 Å². The zero-order valence-corrected chi connectivity index (χ0v) is 21.9. The zero-order chi connectivity index (χ0) is 30.5. The van der Waals surface area contributed by atoms with E-state index in [1.54, 1.807) is 0 Å². The van der Waals surface area contributed by atoms with Crippen LogP contribution in [-0.4, -0.2) is 114 Å². The minimum Gasteiger partial charge on any atom is -0.508 e. The summed E-state index contributed by atoms with van der Waals surface area (Å²) in [7, 11) is 0. The molecule has 0 amide bonds. The van der Waals surface area contributed by atoms with E-state index in [1.807, 2.05) is 0 Å². The number of aromatic hydroxyl groups is 3. The molecule has 2 aliphatic heterocycles. The second kappa shape index (κ2) is 11.6. The predicted octanol–water partition coefficient (Wildman–Crippen LogP) is -1.39. The third-order valence-electron chi connectivity index (χ3n) is 7.20. The van der Waals surface area contributed by atoms with Crippen molar-refractivity contribution >= 4 is 11.0 Å². The number of aliphatic hydroxyl groups excluding tert-OH is 6. The van der Waals surface area contributed by atoms with E-state index in [9.17, 15) is 50.8 Å². The molecule has 3 aromatic rings. The molecule has 5 rings (SSSR count). The largest absolute Gasteiger partial charge is 0.508 e. The maximum absolute atomic E-state index is 13.6. The average Bonchev–Trinajstić information content (AvgIpc) is 2.95. The lowest BCUT2D eigenvalue weighted by Gasteiger charge is -2.42. The van der Waals surface area contributed by atoms with Gasteiger partial charge in [0.05, 0.1) is 18.3 Å². The van der Waals surface area contributed by atoms with Gasteiger partial charge in [-0.15, -0.1) is 0 Å². The lowest BCUT2D eigenvalue weighted by Crippen LogP contribution is -2.61. The summed E-state index contributed by atoms with van der Waals surface area (Å²) in [4.78, 5) is 13.6. The Bertz CT molecular complexity index is 1490. The van der Waals surface area contributed by atoms with Crippen molar-refractivity contribution in [3.63, 3.8) is 0 Å². The normalized spacial score (nSPS) is 33.5. The number of rotatable bonds is 6. The molecule has 0 unspecified atom stereocenters. The van der Waals surface area contributed by atoms with Crippen LogP contribution in [0.25, 0.3) is 22.3 Å². The molecule has 10 atom stereocenters. The molecule has 3 heterocycles. The fourth-order valence-corrected chi connectivity index (χ4v) is 4.83. The molecule has 0 bridgehead atoms. The molecule has 42 heavy (non-hydrogen) atoms. The summed E-state index contributed by atoms with van der Waals surface area (Å²) in [6, 6.07) is 7.63. The minimum atomic E-state index is -1.94. The lowest BCUT2D eigenvalue weighted by atomic mass is 9.98. The van der Waals surface area contributed by atoms with Gasteiger partial charge in [-0.1, -0.05) is 12.1 Å². The Morgan fingerprint density at radius 1 is 0.786 bits per heavy atom. The maximum atomic E-state index is 13.6. The van der Waals surface area contributed by atoms with Crippen LogP contribution in [0.4, 0.5) is 0 Å². The second-order valence-electron chi connectivity index (χ2n) is 10.1. The van der Waals surface area contributed by atoms with Crippen molar-refractivity contribution in [1.29, 1.82) is 0 Å². The molecule has 0 radical (unpaired) electrons. The summed E-state index contributed by atoms with van der Waals surface area (Å²) < 4.78 is 27.9. The van der Waals surface area contributed by atoms with Gasteiger partial charge in [-0.3, -0.25) is 4.79 Å². The van der Waals surface area contributed by atoms with E-state index in [2.05, 4.69) is 0 Å². The summed E-state index contributed by atoms with van der Waals surface area (Å²) in [5.41, 5.74) is -1.29. The van der Waals surface area contributed by atoms with E-state index in [0.29, 0.717) is 0 Å². The van der Waals surface area contributed by atoms with Crippen molar-refractivity contribution in [2.45, 2.75) is 68.3 Å². The van der Waals surface area contributed by atoms with Crippen molar-refractivity contribution in [2.24, 2.45) is 0 Å². The molecule has 0 spiro atoms. The van der Waals surface area contributed by atoms with E-state index in [4.69, 9.17) is 23.4 Å². The highest BCUT2D eigenvalue weighted by Crippen LogP contribution is 2.40. The number of hydrogen-bond donors (Lipinski definition) is 9. The van der Waals surface area contributed by atoms with E-state index >= 15 is 0 Å². The van der Waals surface area contributed by atoms with E-state index < -0.39 is 96.1 Å². The van der Waals surface area contributed by atoms with Gasteiger partial charge in [-0.2, -0.15) is 0 Å². The molecule has 0 aliphatic carbocycles. The Balaban J connectivity index is 1.47. The number of hydrogen-bond acceptors (Lipinski definition) is 15. The zero-order valence-electron chi connectivity index (χ0n) is 21.9. The Kier molecular flexibility index (Phi) is 8.30. The number of phenols is 3. The first-order valence-electron chi connectivity index (χ1n) is 12.9. The first kappa shape index (κ1) is 30.0. The molecule has 1 aromatic heterocycles. The first-order chi connectivity index (χ1) is 19.9. The quantitative estimate of drug-likeness (QED) is 0.159. The van der Waals surface area contributed by atoms with Crippen LogP contribution in [-0.2, 0) is 14.2 Å². The van der Waals surface area contributed by atoms with Gasteiger partial charge in [0.15, 0.2) is 12.1 Å². The van der Waals surface area contributed by atoms with Crippen molar-refractivity contribution in [3.05, 3.63) is 46.6 Å². The van der Waals surface area contributed by atoms with Crippen LogP contribution < -0.4 is 10.2 Å². The Morgan fingerprint density at radius 3 is 2.17 bits per heavy atom. The molecule has 9 N–H and O–H groups in total. The Morgan fingerprint density at radius 2 is 1.45 bits per heavy atom. The Labute approximate surface area is 236 Å². The fourth-order valence-electron chi connectivity index (χ4n) is 4.83. The highest BCUT2D eigenvalue weighted by Gasteiger charge is 2.47. The molecular formula is C27H30O15. The van der Waals surface area contributed by atoms with Crippen LogP contribution >= 0.6 is 0 Å². The maximum Gasteiger partial charge on any atom is 0.239 e. The number of ether oxygens (including phenoxy) is 4. The van der Waals surface area contributed by atoms with Gasteiger partial charge >= 0.3 is 0 Å². The van der Waals surface area contributed by atoms with Gasteiger partial charge in [0.2, 0.25) is 17.5 Å². The topological polar surface area (TPSA) is 249 Å². The summed E-state index contributed by atoms with van der Waals surface area (Å²) in [5.74, 6) is -2.45. The van der Waals surface area contributed by atoms with Crippen LogP contribution in [0.15, 0.2) is 45.6 Å². The average molecular weight is 595 g/mol. The molecule has 15 nitrogen and oxygen atoms in total. The van der Waals surface area contributed by atoms with Crippen molar-refractivity contribution in [3.8, 4) is 34.3 Å². The van der Waals surface area contributed by atoms with Crippen LogP contribution in [0.5, 0.6) is 23.0 Å². The van der Waals surface area contributed by atoms with E-state index in [-0.39, 0.29) is 22.7 Å². The molecule has 2 aromatic carbocycles. The van der Waals surface area contributed by atoms with Gasteiger partial charge in [-0.05, 0) is 19.1 Å². The summed E-state index contributed by atoms with van der Waals surface area (Å²) in [6.45, 7) is 0.850. The van der Waals surface area contributed by atoms with Gasteiger partial charge in [0.25, 0.3) is 0 Å². The summed E-state index contributed by atoms with van der Waals surface area (Å²) in [6.07, 6.45) is -15.9. The molecule has 2 aliphatic rings. The smallest absolute Gasteiger partial charge is 0.239 e. The summed E-state index contributed by atoms with van der Waals surface area (Å²) >= 11 is 0. The van der Waals surface area contributed by atoms with Gasteiger partial charge in [-0.25, -0.2) is 0 Å². The monoisotopic (exact) mass is 594 g/mol. The number of para-hydroxylation sites is 1. The van der Waals surface area contributed by atoms with Gasteiger partial charge in [0, 0.05) is 12.1 Å².